The molecule has 0 radical (unpaired) electrons. The second-order valence-corrected chi connectivity index (χ2v) is 13.5. The number of hydrogen-bond acceptors (Lipinski definition) is 7. The lowest BCUT2D eigenvalue weighted by Gasteiger charge is -2.32. The molecule has 1 saturated heterocycles. The summed E-state index contributed by atoms with van der Waals surface area (Å²) in [5, 5.41) is 9.41. The molecular weight excluding hydrogens is 576 g/mol. The minimum Gasteiger partial charge on any atom is -0.439 e. The van der Waals surface area contributed by atoms with Crippen LogP contribution < -0.4 is 4.90 Å². The van der Waals surface area contributed by atoms with Crippen LogP contribution in [0.3, 0.4) is 0 Å². The van der Waals surface area contributed by atoms with Gasteiger partial charge in [0.2, 0.25) is 0 Å². The zero-order valence-electron chi connectivity index (χ0n) is 21.8. The Balaban J connectivity index is 1.52. The predicted octanol–water partition coefficient (Wildman–Crippen LogP) is 5.72. The average molecular weight is 604 g/mol. The van der Waals surface area contributed by atoms with E-state index in [0.717, 1.165) is 0 Å². The number of halogens is 6. The molecule has 41 heavy (non-hydrogen) atoms. The summed E-state index contributed by atoms with van der Waals surface area (Å²) in [7, 11) is -3.14. The monoisotopic (exact) mass is 603 g/mol. The molecule has 222 valence electrons. The molecule has 0 unspecified atom stereocenters. The highest BCUT2D eigenvalue weighted by Crippen LogP contribution is 2.52. The van der Waals surface area contributed by atoms with Gasteiger partial charge in [-0.15, -0.1) is 0 Å². The van der Waals surface area contributed by atoms with Crippen LogP contribution in [0.4, 0.5) is 32.0 Å². The minimum atomic E-state index is -6.00. The van der Waals surface area contributed by atoms with E-state index in [1.165, 1.54) is 12.1 Å². The standard InChI is InChI=1S/C27H27F6N3O4S/c28-17-3-6-19(20(13-17)21(37)14-25(15-34)7-8-25)23-22(35-24(40-23)26(29,30)27(31,32)33)16-1-4-18(5-2-16)36-9-11-41(38,39)12-10-36/h1-2,4-5,17,19-20H,3,6-14H2/t17-,19+,20+/m0/s1. The number of ketones is 1. The summed E-state index contributed by atoms with van der Waals surface area (Å²) in [4.78, 5) is 18.6. The van der Waals surface area contributed by atoms with Gasteiger partial charge in [0.1, 0.15) is 23.4 Å². The normalized spacial score (nSPS) is 25.9. The molecule has 1 aromatic heterocycles. The van der Waals surface area contributed by atoms with Crippen molar-refractivity contribution in [3.05, 3.63) is 35.9 Å². The van der Waals surface area contributed by atoms with Gasteiger partial charge in [-0.3, -0.25) is 4.79 Å². The number of nitriles is 1. The van der Waals surface area contributed by atoms with E-state index in [0.29, 0.717) is 18.5 Å². The summed E-state index contributed by atoms with van der Waals surface area (Å²) in [6.45, 7) is 0.471. The van der Waals surface area contributed by atoms with Gasteiger partial charge in [0.05, 0.1) is 23.0 Å². The smallest absolute Gasteiger partial charge is 0.439 e. The molecule has 1 aliphatic heterocycles. The SMILES string of the molecule is N#CC1(CC(=O)[C@@H]2C[C@@H](F)CC[C@H]2c2oc(C(F)(F)C(F)(F)F)nc2-c2ccc(N3CCS(=O)(=O)CC3)cc2)CC1. The van der Waals surface area contributed by atoms with Crippen LogP contribution in [0.25, 0.3) is 11.3 Å². The number of alkyl halides is 6. The van der Waals surface area contributed by atoms with Crippen LogP contribution in [0.2, 0.25) is 0 Å². The zero-order valence-corrected chi connectivity index (χ0v) is 22.6. The van der Waals surface area contributed by atoms with Crippen molar-refractivity contribution in [2.45, 2.75) is 62.7 Å². The Morgan fingerprint density at radius 1 is 1.10 bits per heavy atom. The highest BCUT2D eigenvalue weighted by atomic mass is 32.2. The molecule has 2 aliphatic carbocycles. The van der Waals surface area contributed by atoms with Gasteiger partial charge in [0.25, 0.3) is 5.89 Å². The van der Waals surface area contributed by atoms with Crippen LogP contribution in [0, 0.1) is 22.7 Å². The molecule has 2 aromatic rings. The Kier molecular flexibility index (Phi) is 7.41. The summed E-state index contributed by atoms with van der Waals surface area (Å²) in [6.07, 6.45) is -6.92. The molecule has 7 nitrogen and oxygen atoms in total. The lowest BCUT2D eigenvalue weighted by molar-refractivity contribution is -0.297. The van der Waals surface area contributed by atoms with E-state index in [4.69, 9.17) is 4.42 Å². The first kappa shape index (κ1) is 29.4. The maximum atomic E-state index is 14.5. The van der Waals surface area contributed by atoms with Crippen molar-refractivity contribution >= 4 is 21.3 Å². The molecule has 5 rings (SSSR count). The molecule has 3 aliphatic rings. The van der Waals surface area contributed by atoms with Crippen molar-refractivity contribution in [2.24, 2.45) is 11.3 Å². The lowest BCUT2D eigenvalue weighted by atomic mass is 9.72. The highest BCUT2D eigenvalue weighted by molar-refractivity contribution is 7.91. The first-order valence-corrected chi connectivity index (χ1v) is 15.1. The van der Waals surface area contributed by atoms with E-state index < -0.39 is 57.0 Å². The van der Waals surface area contributed by atoms with Gasteiger partial charge in [0.15, 0.2) is 9.84 Å². The van der Waals surface area contributed by atoms with E-state index in [2.05, 4.69) is 11.1 Å². The molecular formula is C27H27F6N3O4S. The maximum Gasteiger partial charge on any atom is 0.463 e. The first-order valence-electron chi connectivity index (χ1n) is 13.2. The summed E-state index contributed by atoms with van der Waals surface area (Å²) in [5.74, 6) is -10.3. The van der Waals surface area contributed by atoms with Crippen molar-refractivity contribution in [3.8, 4) is 17.3 Å². The van der Waals surface area contributed by atoms with E-state index in [-0.39, 0.29) is 67.3 Å². The fraction of sp³-hybridized carbons (Fsp3) is 0.593. The van der Waals surface area contributed by atoms with Gasteiger partial charge in [-0.05, 0) is 44.2 Å². The number of nitrogens with zero attached hydrogens (tertiary/aromatic N) is 3. The van der Waals surface area contributed by atoms with Crippen molar-refractivity contribution in [2.75, 3.05) is 29.5 Å². The van der Waals surface area contributed by atoms with Crippen molar-refractivity contribution in [1.29, 1.82) is 5.26 Å². The van der Waals surface area contributed by atoms with Crippen molar-refractivity contribution in [3.63, 3.8) is 0 Å². The van der Waals surface area contributed by atoms with Crippen LogP contribution in [0.15, 0.2) is 28.7 Å². The Bertz CT molecular complexity index is 1450. The number of carbonyl (C=O) groups is 1. The van der Waals surface area contributed by atoms with Gasteiger partial charge in [-0.1, -0.05) is 12.1 Å². The number of hydrogen-bond donors (Lipinski definition) is 0. The molecule has 0 amide bonds. The predicted molar refractivity (Wildman–Crippen MR) is 135 cm³/mol. The molecule has 0 bridgehead atoms. The number of anilines is 1. The van der Waals surface area contributed by atoms with Crippen molar-refractivity contribution < 1.29 is 44.0 Å². The van der Waals surface area contributed by atoms with Crippen LogP contribution in [-0.2, 0) is 20.6 Å². The maximum absolute atomic E-state index is 14.5. The third-order valence-electron chi connectivity index (χ3n) is 8.27. The molecule has 2 saturated carbocycles. The molecule has 2 heterocycles. The third-order valence-corrected chi connectivity index (χ3v) is 9.88. The molecule has 3 atom stereocenters. The second kappa shape index (κ2) is 10.3. The largest absolute Gasteiger partial charge is 0.463 e. The fourth-order valence-electron chi connectivity index (χ4n) is 5.58. The van der Waals surface area contributed by atoms with Gasteiger partial charge in [0, 0.05) is 42.6 Å². The van der Waals surface area contributed by atoms with E-state index in [1.54, 1.807) is 17.0 Å². The minimum absolute atomic E-state index is 0.0438. The number of sulfone groups is 1. The van der Waals surface area contributed by atoms with Crippen molar-refractivity contribution in [1.82, 2.24) is 4.98 Å². The summed E-state index contributed by atoms with van der Waals surface area (Å²) in [5.41, 5.74) is -0.400. The number of rotatable bonds is 7. The van der Waals surface area contributed by atoms with Gasteiger partial charge in [-0.2, -0.15) is 27.2 Å². The highest BCUT2D eigenvalue weighted by Gasteiger charge is 2.63. The Labute approximate surface area is 232 Å². The zero-order chi connectivity index (χ0) is 29.8. The molecule has 14 heteroatoms. The van der Waals surface area contributed by atoms with E-state index in [1.807, 2.05) is 0 Å². The first-order chi connectivity index (χ1) is 19.1. The Hall–Kier alpha value is -3.08. The summed E-state index contributed by atoms with van der Waals surface area (Å²) < 4.78 is 112. The van der Waals surface area contributed by atoms with Crippen LogP contribution >= 0.6 is 0 Å². The number of carbonyl (C=O) groups excluding carboxylic acids is 1. The van der Waals surface area contributed by atoms with Gasteiger partial charge < -0.3 is 9.32 Å². The van der Waals surface area contributed by atoms with E-state index >= 15 is 0 Å². The average Bonchev–Trinajstić information content (AvgIpc) is 3.54. The van der Waals surface area contributed by atoms with E-state index in [9.17, 15) is 44.8 Å². The Morgan fingerprint density at radius 2 is 1.73 bits per heavy atom. The number of oxazole rings is 1. The van der Waals surface area contributed by atoms with Crippen LogP contribution in [-0.4, -0.2) is 56.1 Å². The Morgan fingerprint density at radius 3 is 2.29 bits per heavy atom. The number of benzene rings is 1. The number of aromatic nitrogens is 1. The number of Topliss-reactive ketones (excluding diaryl/α,β-unsaturated/α-hetero) is 1. The van der Waals surface area contributed by atoms with Crippen LogP contribution in [0.1, 0.15) is 56.1 Å². The summed E-state index contributed by atoms with van der Waals surface area (Å²) in [6, 6.07) is 8.12. The summed E-state index contributed by atoms with van der Waals surface area (Å²) >= 11 is 0. The molecule has 0 spiro atoms. The third kappa shape index (κ3) is 5.82. The molecule has 3 fully saturated rings. The van der Waals surface area contributed by atoms with Gasteiger partial charge >= 0.3 is 12.1 Å². The quantitative estimate of drug-likeness (QED) is 0.373. The topological polar surface area (TPSA) is 104 Å². The van der Waals surface area contributed by atoms with Crippen LogP contribution in [0.5, 0.6) is 0 Å². The molecule has 0 N–H and O–H groups in total. The lowest BCUT2D eigenvalue weighted by Crippen LogP contribution is -2.40. The van der Waals surface area contributed by atoms with Gasteiger partial charge in [-0.25, -0.2) is 17.8 Å². The molecule has 1 aromatic carbocycles. The second-order valence-electron chi connectivity index (χ2n) is 11.1. The fourth-order valence-corrected chi connectivity index (χ4v) is 6.78.